The molecule has 0 saturated carbocycles. The van der Waals surface area contributed by atoms with Gasteiger partial charge in [0.25, 0.3) is 5.56 Å². The van der Waals surface area contributed by atoms with E-state index in [9.17, 15) is 9.59 Å². The summed E-state index contributed by atoms with van der Waals surface area (Å²) in [7, 11) is 0. The van der Waals surface area contributed by atoms with Crippen molar-refractivity contribution in [3.63, 3.8) is 0 Å². The number of hydrogen-bond acceptors (Lipinski definition) is 4. The van der Waals surface area contributed by atoms with Crippen molar-refractivity contribution in [1.29, 1.82) is 0 Å². The maximum absolute atomic E-state index is 12.9. The number of hydrogen-bond donors (Lipinski definition) is 1. The van der Waals surface area contributed by atoms with E-state index in [0.717, 1.165) is 18.5 Å². The molecule has 1 atom stereocenters. The van der Waals surface area contributed by atoms with E-state index in [1.807, 2.05) is 23.1 Å². The lowest BCUT2D eigenvalue weighted by atomic mass is 9.98. The predicted molar refractivity (Wildman–Crippen MR) is 119 cm³/mol. The number of carbonyl (C=O) groups is 1. The molecule has 0 aliphatic carbocycles. The lowest BCUT2D eigenvalue weighted by molar-refractivity contribution is -0.132. The summed E-state index contributed by atoms with van der Waals surface area (Å²) in [5, 5.41) is 7.98. The molecule has 3 aromatic rings. The van der Waals surface area contributed by atoms with Crippen molar-refractivity contribution in [3.05, 3.63) is 75.2 Å². The summed E-state index contributed by atoms with van der Waals surface area (Å²) < 4.78 is 0. The molecule has 30 heavy (non-hydrogen) atoms. The monoisotopic (exact) mass is 404 g/mol. The third-order valence-electron chi connectivity index (χ3n) is 6.18. The summed E-state index contributed by atoms with van der Waals surface area (Å²) in [6.07, 6.45) is 0.198. The third kappa shape index (κ3) is 4.00. The van der Waals surface area contributed by atoms with E-state index in [2.05, 4.69) is 54.1 Å². The van der Waals surface area contributed by atoms with Gasteiger partial charge in [-0.05, 0) is 38.0 Å². The molecular weight excluding hydrogens is 376 g/mol. The van der Waals surface area contributed by atoms with E-state index >= 15 is 0 Å². The molecule has 0 bridgehead atoms. The number of rotatable bonds is 4. The Morgan fingerprint density at radius 3 is 2.47 bits per heavy atom. The highest BCUT2D eigenvalue weighted by atomic mass is 16.2. The average molecular weight is 405 g/mol. The van der Waals surface area contributed by atoms with Crippen molar-refractivity contribution < 1.29 is 4.79 Å². The second-order valence-corrected chi connectivity index (χ2v) is 8.17. The molecule has 156 valence electrons. The summed E-state index contributed by atoms with van der Waals surface area (Å²) in [6.45, 7) is 9.63. The van der Waals surface area contributed by atoms with Crippen molar-refractivity contribution in [1.82, 2.24) is 20.0 Å². The molecule has 2 aromatic carbocycles. The molecule has 1 unspecified atom stereocenters. The number of fused-ring (bicyclic) bond motifs is 1. The number of H-pyrrole nitrogens is 1. The van der Waals surface area contributed by atoms with Crippen LogP contribution in [0.3, 0.4) is 0 Å². The third-order valence-corrected chi connectivity index (χ3v) is 6.18. The number of nitrogens with one attached hydrogen (secondary N) is 1. The molecule has 4 rings (SSSR count). The van der Waals surface area contributed by atoms with Gasteiger partial charge in [0.2, 0.25) is 5.91 Å². The smallest absolute Gasteiger partial charge is 0.272 e. The van der Waals surface area contributed by atoms with Crippen LogP contribution in [0.25, 0.3) is 10.8 Å². The minimum atomic E-state index is -0.226. The summed E-state index contributed by atoms with van der Waals surface area (Å²) >= 11 is 0. The average Bonchev–Trinajstić information content (AvgIpc) is 2.75. The van der Waals surface area contributed by atoms with Gasteiger partial charge in [0.15, 0.2) is 0 Å². The molecule has 1 aliphatic rings. The van der Waals surface area contributed by atoms with Crippen LogP contribution < -0.4 is 5.56 Å². The molecule has 1 aliphatic heterocycles. The molecule has 1 aromatic heterocycles. The molecular formula is C24H28N4O2. The van der Waals surface area contributed by atoms with Crippen LogP contribution in [0.4, 0.5) is 0 Å². The van der Waals surface area contributed by atoms with Crippen LogP contribution in [0.1, 0.15) is 35.3 Å². The SMILES string of the molecule is Cc1ccc(C(C)N2CCN(C(=O)Cc3n[nH]c(=O)c4ccccc34)CC2)c(C)c1. The van der Waals surface area contributed by atoms with E-state index in [-0.39, 0.29) is 17.9 Å². The fraction of sp³-hybridized carbons (Fsp3) is 0.375. The number of nitrogens with zero attached hydrogens (tertiary/aromatic N) is 3. The first-order chi connectivity index (χ1) is 14.4. The van der Waals surface area contributed by atoms with Gasteiger partial charge in [-0.3, -0.25) is 14.5 Å². The van der Waals surface area contributed by atoms with Gasteiger partial charge in [-0.15, -0.1) is 0 Å². The second-order valence-electron chi connectivity index (χ2n) is 8.17. The molecule has 1 fully saturated rings. The fourth-order valence-electron chi connectivity index (χ4n) is 4.41. The minimum Gasteiger partial charge on any atom is -0.340 e. The van der Waals surface area contributed by atoms with Crippen LogP contribution in [0.15, 0.2) is 47.3 Å². The first-order valence-corrected chi connectivity index (χ1v) is 10.5. The maximum atomic E-state index is 12.9. The summed E-state index contributed by atoms with van der Waals surface area (Å²) in [6, 6.07) is 14.2. The van der Waals surface area contributed by atoms with E-state index in [1.54, 1.807) is 6.07 Å². The van der Waals surface area contributed by atoms with E-state index in [1.165, 1.54) is 16.7 Å². The number of piperazine rings is 1. The topological polar surface area (TPSA) is 69.3 Å². The predicted octanol–water partition coefficient (Wildman–Crippen LogP) is 2.99. The zero-order valence-corrected chi connectivity index (χ0v) is 17.8. The number of carbonyl (C=O) groups excluding carboxylic acids is 1. The van der Waals surface area contributed by atoms with Crippen molar-refractivity contribution >= 4 is 16.7 Å². The summed E-state index contributed by atoms with van der Waals surface area (Å²) in [4.78, 5) is 29.2. The highest BCUT2D eigenvalue weighted by Gasteiger charge is 2.26. The quantitative estimate of drug-likeness (QED) is 0.726. The van der Waals surface area contributed by atoms with Crippen molar-refractivity contribution in [3.8, 4) is 0 Å². The molecule has 1 N–H and O–H groups in total. The zero-order chi connectivity index (χ0) is 21.3. The van der Waals surface area contributed by atoms with E-state index in [0.29, 0.717) is 30.2 Å². The van der Waals surface area contributed by atoms with Crippen molar-refractivity contribution in [2.24, 2.45) is 0 Å². The van der Waals surface area contributed by atoms with Gasteiger partial charge in [0, 0.05) is 37.6 Å². The van der Waals surface area contributed by atoms with Crippen LogP contribution in [0.5, 0.6) is 0 Å². The summed E-state index contributed by atoms with van der Waals surface area (Å²) in [5.74, 6) is 0.0542. The molecule has 6 nitrogen and oxygen atoms in total. The first-order valence-electron chi connectivity index (χ1n) is 10.5. The number of aromatic nitrogens is 2. The Balaban J connectivity index is 1.41. The van der Waals surface area contributed by atoms with Crippen molar-refractivity contribution in [2.45, 2.75) is 33.2 Å². The summed E-state index contributed by atoms with van der Waals surface area (Å²) in [5.41, 5.74) is 4.35. The largest absolute Gasteiger partial charge is 0.340 e. The van der Waals surface area contributed by atoms with Crippen LogP contribution in [-0.2, 0) is 11.2 Å². The van der Waals surface area contributed by atoms with Gasteiger partial charge in [-0.25, -0.2) is 5.10 Å². The van der Waals surface area contributed by atoms with Gasteiger partial charge in [-0.2, -0.15) is 5.10 Å². The van der Waals surface area contributed by atoms with Gasteiger partial charge in [0.05, 0.1) is 17.5 Å². The Hall–Kier alpha value is -2.99. The number of aryl methyl sites for hydroxylation is 2. The van der Waals surface area contributed by atoms with Gasteiger partial charge in [-0.1, -0.05) is 42.0 Å². The molecule has 0 spiro atoms. The fourth-order valence-corrected chi connectivity index (χ4v) is 4.41. The van der Waals surface area contributed by atoms with Crippen LogP contribution >= 0.6 is 0 Å². The number of amides is 1. The van der Waals surface area contributed by atoms with Gasteiger partial charge >= 0.3 is 0 Å². The molecule has 6 heteroatoms. The number of aromatic amines is 1. The Morgan fingerprint density at radius 1 is 1.07 bits per heavy atom. The minimum absolute atomic E-state index is 0.0542. The van der Waals surface area contributed by atoms with Gasteiger partial charge in [0.1, 0.15) is 0 Å². The zero-order valence-electron chi connectivity index (χ0n) is 17.8. The number of benzene rings is 2. The van der Waals surface area contributed by atoms with E-state index < -0.39 is 0 Å². The van der Waals surface area contributed by atoms with Crippen LogP contribution in [0, 0.1) is 13.8 Å². The van der Waals surface area contributed by atoms with Crippen molar-refractivity contribution in [2.75, 3.05) is 26.2 Å². The standard InChI is InChI=1S/C24H28N4O2/c1-16-8-9-19(17(2)14-16)18(3)27-10-12-28(13-11-27)23(29)15-22-20-6-4-5-7-21(20)24(30)26-25-22/h4-9,14,18H,10-13,15H2,1-3H3,(H,26,30). The van der Waals surface area contributed by atoms with E-state index in [4.69, 9.17) is 0 Å². The Kier molecular flexibility index (Phi) is 5.68. The second kappa shape index (κ2) is 8.40. The molecule has 0 radical (unpaired) electrons. The Morgan fingerprint density at radius 2 is 1.77 bits per heavy atom. The van der Waals surface area contributed by atoms with Crippen LogP contribution in [-0.4, -0.2) is 52.1 Å². The molecule has 2 heterocycles. The lowest BCUT2D eigenvalue weighted by Crippen LogP contribution is -2.49. The van der Waals surface area contributed by atoms with Gasteiger partial charge < -0.3 is 4.90 Å². The normalized spacial score (nSPS) is 16.0. The van der Waals surface area contributed by atoms with Crippen LogP contribution in [0.2, 0.25) is 0 Å². The highest BCUT2D eigenvalue weighted by molar-refractivity contribution is 5.88. The maximum Gasteiger partial charge on any atom is 0.272 e. The Bertz CT molecular complexity index is 1130. The molecule has 1 amide bonds. The first kappa shape index (κ1) is 20.3. The Labute approximate surface area is 176 Å². The lowest BCUT2D eigenvalue weighted by Gasteiger charge is -2.38. The highest BCUT2D eigenvalue weighted by Crippen LogP contribution is 2.25. The molecule has 1 saturated heterocycles.